The van der Waals surface area contributed by atoms with Gasteiger partial charge in [-0.3, -0.25) is 0 Å². The Morgan fingerprint density at radius 3 is 2.60 bits per heavy atom. The van der Waals surface area contributed by atoms with E-state index in [4.69, 9.17) is 0 Å². The largest absolute Gasteiger partial charge is 0.305 e. The Bertz CT molecular complexity index is 578. The Kier molecular flexibility index (Phi) is 5.77. The third kappa shape index (κ3) is 3.50. The summed E-state index contributed by atoms with van der Waals surface area (Å²) in [4.78, 5) is 0. The van der Waals surface area contributed by atoms with Crippen molar-refractivity contribution in [2.24, 2.45) is 7.05 Å². The van der Waals surface area contributed by atoms with E-state index in [-0.39, 0.29) is 6.04 Å². The second-order valence-electron chi connectivity index (χ2n) is 4.44. The van der Waals surface area contributed by atoms with Gasteiger partial charge in [-0.15, -0.1) is 5.10 Å². The summed E-state index contributed by atoms with van der Waals surface area (Å²) >= 11 is 10.6. The summed E-state index contributed by atoms with van der Waals surface area (Å²) in [6.45, 7) is 3.07. The number of benzene rings is 1. The molecule has 2 aromatic rings. The van der Waals surface area contributed by atoms with Gasteiger partial charge < -0.3 is 5.32 Å². The molecule has 0 aliphatic heterocycles. The van der Waals surface area contributed by atoms with E-state index < -0.39 is 0 Å². The number of rotatable bonds is 5. The fourth-order valence-electron chi connectivity index (χ4n) is 2.02. The van der Waals surface area contributed by atoms with Gasteiger partial charge in [0.2, 0.25) is 0 Å². The fourth-order valence-corrected chi connectivity index (χ4v) is 3.86. The molecule has 4 nitrogen and oxygen atoms in total. The number of aromatic nitrogens is 3. The number of halogens is 3. The van der Waals surface area contributed by atoms with Gasteiger partial charge in [-0.1, -0.05) is 50.1 Å². The standard InChI is InChI=1S/C13H15Br3N4/c1-3-6-17-11(12-13(16)18-19-20(12)2)9-5-4-8(14)7-10(9)15/h4-5,7,11,17H,3,6H2,1-2H3. The third-order valence-corrected chi connectivity index (χ3v) is 4.72. The Morgan fingerprint density at radius 2 is 2.05 bits per heavy atom. The van der Waals surface area contributed by atoms with Crippen LogP contribution < -0.4 is 5.32 Å². The van der Waals surface area contributed by atoms with E-state index >= 15 is 0 Å². The number of aryl methyl sites for hydroxylation is 1. The molecule has 0 spiro atoms. The molecule has 0 aliphatic rings. The van der Waals surface area contributed by atoms with Gasteiger partial charge >= 0.3 is 0 Å². The van der Waals surface area contributed by atoms with E-state index in [1.807, 2.05) is 19.2 Å². The minimum atomic E-state index is 0.0341. The van der Waals surface area contributed by atoms with Gasteiger partial charge in [0.1, 0.15) is 0 Å². The summed E-state index contributed by atoms with van der Waals surface area (Å²) in [6.07, 6.45) is 1.06. The van der Waals surface area contributed by atoms with E-state index in [1.165, 1.54) is 0 Å². The molecule has 2 rings (SSSR count). The second kappa shape index (κ2) is 7.15. The predicted octanol–water partition coefficient (Wildman–Crippen LogP) is 4.19. The topological polar surface area (TPSA) is 42.7 Å². The first-order valence-corrected chi connectivity index (χ1v) is 8.66. The summed E-state index contributed by atoms with van der Waals surface area (Å²) in [7, 11) is 1.90. The molecular formula is C13H15Br3N4. The molecule has 0 saturated heterocycles. The lowest BCUT2D eigenvalue weighted by molar-refractivity contribution is 0.548. The first kappa shape index (κ1) is 16.1. The zero-order valence-corrected chi connectivity index (χ0v) is 16.0. The summed E-state index contributed by atoms with van der Waals surface area (Å²) in [6, 6.07) is 6.22. The zero-order chi connectivity index (χ0) is 14.7. The van der Waals surface area contributed by atoms with Crippen molar-refractivity contribution in [1.82, 2.24) is 20.3 Å². The van der Waals surface area contributed by atoms with Gasteiger partial charge in [0, 0.05) is 16.0 Å². The van der Waals surface area contributed by atoms with Crippen LogP contribution in [-0.4, -0.2) is 21.5 Å². The van der Waals surface area contributed by atoms with Crippen LogP contribution in [-0.2, 0) is 7.05 Å². The quantitative estimate of drug-likeness (QED) is 0.718. The Balaban J connectivity index is 2.47. The van der Waals surface area contributed by atoms with E-state index in [2.05, 4.69) is 76.4 Å². The minimum absolute atomic E-state index is 0.0341. The third-order valence-electron chi connectivity index (χ3n) is 2.97. The van der Waals surface area contributed by atoms with Gasteiger partial charge in [0.15, 0.2) is 4.60 Å². The van der Waals surface area contributed by atoms with Crippen LogP contribution in [0, 0.1) is 0 Å². The molecule has 20 heavy (non-hydrogen) atoms. The van der Waals surface area contributed by atoms with Crippen molar-refractivity contribution in [3.05, 3.63) is 43.0 Å². The molecule has 1 aromatic carbocycles. The summed E-state index contributed by atoms with van der Waals surface area (Å²) < 4.78 is 4.66. The van der Waals surface area contributed by atoms with Gasteiger partial charge in [-0.2, -0.15) is 0 Å². The number of hydrogen-bond acceptors (Lipinski definition) is 3. The van der Waals surface area contributed by atoms with E-state index in [1.54, 1.807) is 4.68 Å². The maximum absolute atomic E-state index is 4.08. The van der Waals surface area contributed by atoms with Crippen LogP contribution in [0.2, 0.25) is 0 Å². The van der Waals surface area contributed by atoms with Crippen molar-refractivity contribution in [2.75, 3.05) is 6.54 Å². The van der Waals surface area contributed by atoms with Gasteiger partial charge in [-0.25, -0.2) is 4.68 Å². The molecule has 1 unspecified atom stereocenters. The van der Waals surface area contributed by atoms with Gasteiger partial charge in [-0.05, 0) is 46.6 Å². The highest BCUT2D eigenvalue weighted by Crippen LogP contribution is 2.33. The van der Waals surface area contributed by atoms with Crippen LogP contribution in [0.25, 0.3) is 0 Å². The van der Waals surface area contributed by atoms with Crippen LogP contribution in [0.4, 0.5) is 0 Å². The van der Waals surface area contributed by atoms with Crippen LogP contribution in [0.1, 0.15) is 30.6 Å². The average Bonchev–Trinajstić information content (AvgIpc) is 2.72. The van der Waals surface area contributed by atoms with E-state index in [0.29, 0.717) is 0 Å². The fraction of sp³-hybridized carbons (Fsp3) is 0.385. The molecule has 0 saturated carbocycles. The van der Waals surface area contributed by atoms with Crippen LogP contribution >= 0.6 is 47.8 Å². The lowest BCUT2D eigenvalue weighted by Gasteiger charge is -2.20. The minimum Gasteiger partial charge on any atom is -0.305 e. The maximum atomic E-state index is 4.08. The lowest BCUT2D eigenvalue weighted by Crippen LogP contribution is -2.26. The van der Waals surface area contributed by atoms with E-state index in [0.717, 1.165) is 37.8 Å². The van der Waals surface area contributed by atoms with E-state index in [9.17, 15) is 0 Å². The maximum Gasteiger partial charge on any atom is 0.153 e. The Hall–Kier alpha value is -0.240. The second-order valence-corrected chi connectivity index (χ2v) is 6.96. The van der Waals surface area contributed by atoms with Crippen molar-refractivity contribution < 1.29 is 0 Å². The molecule has 1 heterocycles. The Labute approximate surface area is 143 Å². The smallest absolute Gasteiger partial charge is 0.153 e. The molecule has 0 radical (unpaired) electrons. The summed E-state index contributed by atoms with van der Waals surface area (Å²) in [5.74, 6) is 0. The Morgan fingerprint density at radius 1 is 1.30 bits per heavy atom. The summed E-state index contributed by atoms with van der Waals surface area (Å²) in [5.41, 5.74) is 2.18. The number of nitrogens with one attached hydrogen (secondary N) is 1. The van der Waals surface area contributed by atoms with Crippen LogP contribution in [0.5, 0.6) is 0 Å². The van der Waals surface area contributed by atoms with Crippen molar-refractivity contribution in [3.63, 3.8) is 0 Å². The van der Waals surface area contributed by atoms with Crippen LogP contribution in [0.15, 0.2) is 31.7 Å². The molecule has 0 amide bonds. The molecule has 1 atom stereocenters. The van der Waals surface area contributed by atoms with Crippen molar-refractivity contribution in [1.29, 1.82) is 0 Å². The average molecular weight is 467 g/mol. The highest BCUT2D eigenvalue weighted by Gasteiger charge is 2.23. The molecule has 0 bridgehead atoms. The highest BCUT2D eigenvalue weighted by atomic mass is 79.9. The molecular weight excluding hydrogens is 452 g/mol. The van der Waals surface area contributed by atoms with Gasteiger partial charge in [0.25, 0.3) is 0 Å². The predicted molar refractivity (Wildman–Crippen MR) is 90.7 cm³/mol. The molecule has 0 fully saturated rings. The molecule has 1 aromatic heterocycles. The first-order chi connectivity index (χ1) is 9.54. The molecule has 7 heteroatoms. The molecule has 108 valence electrons. The SMILES string of the molecule is CCCNC(c1ccc(Br)cc1Br)c1c(Br)nnn1C. The first-order valence-electron chi connectivity index (χ1n) is 6.28. The lowest BCUT2D eigenvalue weighted by atomic mass is 10.0. The molecule has 1 N–H and O–H groups in total. The zero-order valence-electron chi connectivity index (χ0n) is 11.2. The highest BCUT2D eigenvalue weighted by molar-refractivity contribution is 9.11. The number of nitrogens with zero attached hydrogens (tertiary/aromatic N) is 3. The van der Waals surface area contributed by atoms with Crippen LogP contribution in [0.3, 0.4) is 0 Å². The van der Waals surface area contributed by atoms with Crippen molar-refractivity contribution >= 4 is 47.8 Å². The number of hydrogen-bond donors (Lipinski definition) is 1. The summed E-state index contributed by atoms with van der Waals surface area (Å²) in [5, 5.41) is 11.7. The van der Waals surface area contributed by atoms with Gasteiger partial charge in [0.05, 0.1) is 11.7 Å². The molecule has 0 aliphatic carbocycles. The normalized spacial score (nSPS) is 12.7. The monoisotopic (exact) mass is 464 g/mol. The van der Waals surface area contributed by atoms with Crippen molar-refractivity contribution in [2.45, 2.75) is 19.4 Å². The van der Waals surface area contributed by atoms with Crippen molar-refractivity contribution in [3.8, 4) is 0 Å².